The first-order valence-electron chi connectivity index (χ1n) is 3.19. The molecule has 0 heterocycles. The maximum Gasteiger partial charge on any atom is 0.339 e. The van der Waals surface area contributed by atoms with E-state index in [1.807, 2.05) is 0 Å². The van der Waals surface area contributed by atoms with Crippen LogP contribution in [-0.2, 0) is 4.79 Å². The van der Waals surface area contributed by atoms with E-state index in [1.165, 1.54) is 0 Å². The Labute approximate surface area is 65.6 Å². The molecule has 0 aromatic heterocycles. The quantitative estimate of drug-likeness (QED) is 0.573. The molecule has 3 N–H and O–H groups in total. The molecule has 0 aliphatic heterocycles. The fourth-order valence-corrected chi connectivity index (χ4v) is 0.536. The van der Waals surface area contributed by atoms with Crippen molar-refractivity contribution < 1.29 is 9.90 Å². The number of carboxylic acid groups (broad SMARTS) is 1. The summed E-state index contributed by atoms with van der Waals surface area (Å²) in [5.41, 5.74) is 2.80. The van der Waals surface area contributed by atoms with Crippen LogP contribution >= 0.6 is 0 Å². The van der Waals surface area contributed by atoms with E-state index < -0.39 is 16.9 Å². The van der Waals surface area contributed by atoms with Crippen LogP contribution < -0.4 is 5.73 Å². The molecule has 0 radical (unpaired) electrons. The highest BCUT2D eigenvalue weighted by molar-refractivity contribution is 5.83. The van der Waals surface area contributed by atoms with Crippen molar-refractivity contribution in [1.82, 2.24) is 0 Å². The highest BCUT2D eigenvalue weighted by atomic mass is 16.4. The Balaban J connectivity index is 4.96. The number of hydrogen-bond donors (Lipinski definition) is 2. The molecule has 1 unspecified atom stereocenters. The fraction of sp³-hybridized carbons (Fsp3) is 0.714. The Morgan fingerprint density at radius 3 is 1.91 bits per heavy atom. The average molecular weight is 156 g/mol. The zero-order valence-electron chi connectivity index (χ0n) is 6.88. The minimum atomic E-state index is -1.80. The molecular weight excluding hydrogens is 144 g/mol. The second-order valence-corrected chi connectivity index (χ2v) is 3.47. The number of carboxylic acids is 1. The van der Waals surface area contributed by atoms with Crippen LogP contribution in [0.5, 0.6) is 0 Å². The topological polar surface area (TPSA) is 87.1 Å². The van der Waals surface area contributed by atoms with E-state index in [9.17, 15) is 4.79 Å². The Morgan fingerprint density at radius 2 is 1.91 bits per heavy atom. The van der Waals surface area contributed by atoms with Crippen molar-refractivity contribution in [2.24, 2.45) is 11.1 Å². The van der Waals surface area contributed by atoms with Gasteiger partial charge in [-0.1, -0.05) is 20.8 Å². The van der Waals surface area contributed by atoms with Crippen molar-refractivity contribution >= 4 is 5.97 Å². The van der Waals surface area contributed by atoms with E-state index in [4.69, 9.17) is 16.1 Å². The minimum absolute atomic E-state index is 0.756. The van der Waals surface area contributed by atoms with Gasteiger partial charge in [-0.2, -0.15) is 5.26 Å². The molecule has 1 atom stereocenters. The molecule has 11 heavy (non-hydrogen) atoms. The lowest BCUT2D eigenvalue weighted by Gasteiger charge is -2.30. The second-order valence-electron chi connectivity index (χ2n) is 3.47. The third-order valence-electron chi connectivity index (χ3n) is 1.70. The molecule has 0 aromatic carbocycles. The average Bonchev–Trinajstić information content (AvgIpc) is 1.83. The lowest BCUT2D eigenvalue weighted by Crippen LogP contribution is -2.56. The van der Waals surface area contributed by atoms with Gasteiger partial charge in [-0.05, 0) is 0 Å². The van der Waals surface area contributed by atoms with Crippen LogP contribution in [0.25, 0.3) is 0 Å². The maximum absolute atomic E-state index is 10.6. The summed E-state index contributed by atoms with van der Waals surface area (Å²) >= 11 is 0. The molecule has 0 spiro atoms. The minimum Gasteiger partial charge on any atom is -0.479 e. The first-order chi connectivity index (χ1) is 4.75. The Hall–Kier alpha value is -1.08. The molecule has 0 bridgehead atoms. The monoisotopic (exact) mass is 156 g/mol. The van der Waals surface area contributed by atoms with Gasteiger partial charge >= 0.3 is 5.97 Å². The SMILES string of the molecule is CC(C)(C)C(N)(C#N)C(=O)O. The van der Waals surface area contributed by atoms with Crippen LogP contribution in [0.1, 0.15) is 20.8 Å². The van der Waals surface area contributed by atoms with Crippen molar-refractivity contribution in [3.63, 3.8) is 0 Å². The molecule has 0 aliphatic rings. The van der Waals surface area contributed by atoms with Gasteiger partial charge in [0.15, 0.2) is 0 Å². The van der Waals surface area contributed by atoms with E-state index in [2.05, 4.69) is 0 Å². The number of nitrogens with zero attached hydrogens (tertiary/aromatic N) is 1. The molecule has 0 saturated heterocycles. The summed E-state index contributed by atoms with van der Waals surface area (Å²) in [4.78, 5) is 10.6. The Morgan fingerprint density at radius 1 is 1.55 bits per heavy atom. The highest BCUT2D eigenvalue weighted by Gasteiger charge is 2.45. The summed E-state index contributed by atoms with van der Waals surface area (Å²) < 4.78 is 0. The maximum atomic E-state index is 10.6. The van der Waals surface area contributed by atoms with Crippen LogP contribution in [0.2, 0.25) is 0 Å². The van der Waals surface area contributed by atoms with E-state index in [1.54, 1.807) is 26.8 Å². The number of rotatable bonds is 1. The van der Waals surface area contributed by atoms with Crippen LogP contribution in [0.15, 0.2) is 0 Å². The Kier molecular flexibility index (Phi) is 2.27. The molecule has 62 valence electrons. The highest BCUT2D eigenvalue weighted by Crippen LogP contribution is 2.27. The lowest BCUT2D eigenvalue weighted by molar-refractivity contribution is -0.144. The van der Waals surface area contributed by atoms with E-state index in [0.29, 0.717) is 0 Å². The summed E-state index contributed by atoms with van der Waals surface area (Å²) in [6.45, 7) is 4.85. The molecular formula is C7H12N2O2. The normalized spacial score (nSPS) is 16.6. The third-order valence-corrected chi connectivity index (χ3v) is 1.70. The molecule has 0 fully saturated rings. The van der Waals surface area contributed by atoms with Gasteiger partial charge in [0.05, 0.1) is 6.07 Å². The summed E-state index contributed by atoms with van der Waals surface area (Å²) in [5, 5.41) is 17.2. The lowest BCUT2D eigenvalue weighted by atomic mass is 9.75. The van der Waals surface area contributed by atoms with Crippen LogP contribution in [0.4, 0.5) is 0 Å². The molecule has 4 heteroatoms. The zero-order valence-corrected chi connectivity index (χ0v) is 6.88. The van der Waals surface area contributed by atoms with Crippen LogP contribution in [0, 0.1) is 16.7 Å². The van der Waals surface area contributed by atoms with E-state index >= 15 is 0 Å². The summed E-state index contributed by atoms with van der Waals surface area (Å²) in [5.74, 6) is -1.28. The van der Waals surface area contributed by atoms with Gasteiger partial charge in [0, 0.05) is 5.41 Å². The smallest absolute Gasteiger partial charge is 0.339 e. The van der Waals surface area contributed by atoms with E-state index in [-0.39, 0.29) is 0 Å². The number of hydrogen-bond acceptors (Lipinski definition) is 3. The molecule has 0 saturated carbocycles. The molecule has 0 aliphatic carbocycles. The molecule has 4 nitrogen and oxygen atoms in total. The second kappa shape index (κ2) is 2.51. The van der Waals surface area contributed by atoms with Gasteiger partial charge in [-0.15, -0.1) is 0 Å². The zero-order chi connectivity index (χ0) is 9.28. The van der Waals surface area contributed by atoms with Gasteiger partial charge in [0.1, 0.15) is 0 Å². The first kappa shape index (κ1) is 9.92. The largest absolute Gasteiger partial charge is 0.479 e. The van der Waals surface area contributed by atoms with Gasteiger partial charge in [-0.3, -0.25) is 0 Å². The van der Waals surface area contributed by atoms with Crippen LogP contribution in [-0.4, -0.2) is 16.6 Å². The first-order valence-corrected chi connectivity index (χ1v) is 3.19. The van der Waals surface area contributed by atoms with Gasteiger partial charge in [0.2, 0.25) is 5.54 Å². The van der Waals surface area contributed by atoms with Crippen molar-refractivity contribution in [3.8, 4) is 6.07 Å². The Bertz CT molecular complexity index is 211. The predicted octanol–water partition coefficient (Wildman–Crippen LogP) is 0.338. The fourth-order valence-electron chi connectivity index (χ4n) is 0.536. The van der Waals surface area contributed by atoms with Crippen molar-refractivity contribution in [1.29, 1.82) is 5.26 Å². The van der Waals surface area contributed by atoms with Gasteiger partial charge < -0.3 is 10.8 Å². The molecule has 0 aromatic rings. The number of aliphatic carboxylic acids is 1. The number of carbonyl (C=O) groups is 1. The standard InChI is InChI=1S/C7H12N2O2/c1-6(2,3)7(9,4-8)5(10)11/h9H2,1-3H3,(H,10,11). The van der Waals surface area contributed by atoms with Gasteiger partial charge in [0.25, 0.3) is 0 Å². The van der Waals surface area contributed by atoms with E-state index in [0.717, 1.165) is 0 Å². The van der Waals surface area contributed by atoms with Crippen molar-refractivity contribution in [3.05, 3.63) is 0 Å². The van der Waals surface area contributed by atoms with Crippen molar-refractivity contribution in [2.75, 3.05) is 0 Å². The van der Waals surface area contributed by atoms with Crippen molar-refractivity contribution in [2.45, 2.75) is 26.3 Å². The molecule has 0 amide bonds. The number of nitriles is 1. The van der Waals surface area contributed by atoms with Crippen LogP contribution in [0.3, 0.4) is 0 Å². The molecule has 0 rings (SSSR count). The third kappa shape index (κ3) is 1.49. The summed E-state index contributed by atoms with van der Waals surface area (Å²) in [7, 11) is 0. The number of nitrogens with two attached hydrogens (primary N) is 1. The van der Waals surface area contributed by atoms with Gasteiger partial charge in [-0.25, -0.2) is 4.79 Å². The summed E-state index contributed by atoms with van der Waals surface area (Å²) in [6, 6.07) is 1.60. The summed E-state index contributed by atoms with van der Waals surface area (Å²) in [6.07, 6.45) is 0. The predicted molar refractivity (Wildman–Crippen MR) is 39.6 cm³/mol.